The van der Waals surface area contributed by atoms with Crippen LogP contribution in [0.5, 0.6) is 0 Å². The lowest BCUT2D eigenvalue weighted by atomic mass is 9.47. The zero-order chi connectivity index (χ0) is 30.3. The van der Waals surface area contributed by atoms with Gasteiger partial charge < -0.3 is 33.5 Å². The van der Waals surface area contributed by atoms with Gasteiger partial charge >= 0.3 is 0 Å². The van der Waals surface area contributed by atoms with Crippen molar-refractivity contribution in [3.05, 3.63) is 11.6 Å². The topological polar surface area (TPSA) is 98.6 Å². The molecule has 0 radical (unpaired) electrons. The van der Waals surface area contributed by atoms with E-state index < -0.39 is 30.7 Å². The average Bonchev–Trinajstić information content (AvgIpc) is 3.43. The lowest BCUT2D eigenvalue weighted by Crippen LogP contribution is -2.60. The number of hydrogen-bond donors (Lipinski definition) is 3. The van der Waals surface area contributed by atoms with E-state index in [1.807, 2.05) is 0 Å². The van der Waals surface area contributed by atoms with Crippen LogP contribution >= 0.6 is 18.9 Å². The van der Waals surface area contributed by atoms with Crippen molar-refractivity contribution in [1.82, 2.24) is 5.32 Å². The summed E-state index contributed by atoms with van der Waals surface area (Å²) in [6.07, 6.45) is 8.80. The molecule has 3 saturated heterocycles. The zero-order valence-electron chi connectivity index (χ0n) is 26.5. The molecule has 244 valence electrons. The molecule has 0 aromatic rings. The van der Waals surface area contributed by atoms with Gasteiger partial charge in [-0.3, -0.25) is 5.32 Å². The first-order valence-corrected chi connectivity index (χ1v) is 18.0. The molecule has 12 unspecified atom stereocenters. The quantitative estimate of drug-likeness (QED) is 0.293. The van der Waals surface area contributed by atoms with Gasteiger partial charge in [0.05, 0.1) is 18.8 Å². The van der Waals surface area contributed by atoms with Gasteiger partial charge in [0.2, 0.25) is 0 Å². The Morgan fingerprint density at radius 1 is 1.05 bits per heavy atom. The smallest absolute Gasteiger partial charge is 0.186 e. The number of aliphatic hydroxyl groups is 2. The number of hydrogen-bond acceptors (Lipinski definition) is 8. The van der Waals surface area contributed by atoms with E-state index in [-0.39, 0.29) is 23.9 Å². The molecule has 6 fully saturated rings. The Bertz CT molecular complexity index is 1070. The van der Waals surface area contributed by atoms with Gasteiger partial charge in [-0.25, -0.2) is 0 Å². The van der Waals surface area contributed by atoms with E-state index in [0.717, 1.165) is 56.4 Å². The molecule has 7 rings (SSSR count). The van der Waals surface area contributed by atoms with Crippen LogP contribution in [0.2, 0.25) is 0 Å². The van der Waals surface area contributed by atoms with Crippen LogP contribution in [-0.4, -0.2) is 72.0 Å². The first kappa shape index (κ1) is 31.9. The molecule has 18 atom stereocenters. The normalized spacial score (nSPS) is 56.2. The summed E-state index contributed by atoms with van der Waals surface area (Å²) in [4.78, 5) is 0. The molecule has 0 bridgehead atoms. The first-order chi connectivity index (χ1) is 20.5. The second-order valence-electron chi connectivity index (χ2n) is 15.9. The third kappa shape index (κ3) is 4.99. The molecule has 0 aromatic heterocycles. The van der Waals surface area contributed by atoms with Gasteiger partial charge in [0.15, 0.2) is 6.29 Å². The second kappa shape index (κ2) is 11.8. The largest absolute Gasteiger partial charge is 0.387 e. The van der Waals surface area contributed by atoms with Crippen LogP contribution in [0.4, 0.5) is 0 Å². The van der Waals surface area contributed by atoms with Crippen molar-refractivity contribution in [3.63, 3.8) is 0 Å². The van der Waals surface area contributed by atoms with Crippen LogP contribution < -0.4 is 5.32 Å². The van der Waals surface area contributed by atoms with Gasteiger partial charge in [0.1, 0.15) is 30.1 Å². The van der Waals surface area contributed by atoms with Crippen molar-refractivity contribution in [2.75, 3.05) is 13.2 Å². The Hall–Kier alpha value is 0.280. The van der Waals surface area contributed by atoms with Gasteiger partial charge in [-0.15, -0.1) is 0 Å². The van der Waals surface area contributed by atoms with E-state index in [4.69, 9.17) is 23.3 Å². The SMILES string of the molecule is CC1CCC2(NC1)OC1CC3C4CC=C5C[C@@H](O[C@@H]6OC(COP)[C@@H](O)[C@H](OP)C6O)CC[C@]5(C)C4CC[C@]3(C)C1C2C. The van der Waals surface area contributed by atoms with Crippen LogP contribution in [0, 0.1) is 46.3 Å². The highest BCUT2D eigenvalue weighted by Gasteiger charge is 2.68. The molecule has 0 aromatic carbocycles. The Balaban J connectivity index is 1.04. The van der Waals surface area contributed by atoms with E-state index in [0.29, 0.717) is 29.3 Å². The maximum absolute atomic E-state index is 10.9. The van der Waals surface area contributed by atoms with Gasteiger partial charge in [-0.05, 0) is 98.2 Å². The fourth-order valence-corrected chi connectivity index (χ4v) is 12.0. The lowest BCUT2D eigenvalue weighted by molar-refractivity contribution is -0.307. The average molecular weight is 640 g/mol. The molecule has 3 saturated carbocycles. The number of rotatable bonds is 5. The van der Waals surface area contributed by atoms with Crippen molar-refractivity contribution < 1.29 is 33.5 Å². The fourth-order valence-electron chi connectivity index (χ4n) is 11.5. The number of piperidine rings is 1. The summed E-state index contributed by atoms with van der Waals surface area (Å²) in [6.45, 7) is 11.3. The predicted molar refractivity (Wildman–Crippen MR) is 170 cm³/mol. The van der Waals surface area contributed by atoms with Crippen molar-refractivity contribution in [3.8, 4) is 0 Å². The molecule has 43 heavy (non-hydrogen) atoms. The Morgan fingerprint density at radius 2 is 1.86 bits per heavy atom. The van der Waals surface area contributed by atoms with E-state index >= 15 is 0 Å². The van der Waals surface area contributed by atoms with Gasteiger partial charge in [-0.1, -0.05) is 39.3 Å². The molecule has 4 aliphatic carbocycles. The number of allylic oxidation sites excluding steroid dienone is 1. The maximum atomic E-state index is 10.9. The Morgan fingerprint density at radius 3 is 2.58 bits per heavy atom. The Labute approximate surface area is 262 Å². The van der Waals surface area contributed by atoms with Crippen molar-refractivity contribution in [1.29, 1.82) is 0 Å². The summed E-state index contributed by atoms with van der Waals surface area (Å²) >= 11 is 0. The van der Waals surface area contributed by atoms with Crippen LogP contribution in [0.1, 0.15) is 85.5 Å². The second-order valence-corrected chi connectivity index (χ2v) is 16.5. The number of ether oxygens (including phenoxy) is 3. The predicted octanol–water partition coefficient (Wildman–Crippen LogP) is 4.74. The van der Waals surface area contributed by atoms with Crippen LogP contribution in [0.15, 0.2) is 11.6 Å². The zero-order valence-corrected chi connectivity index (χ0v) is 28.8. The van der Waals surface area contributed by atoms with Gasteiger partial charge in [0.25, 0.3) is 0 Å². The number of nitrogens with one attached hydrogen (secondary N) is 1. The molecular formula is C33H55NO7P2. The van der Waals surface area contributed by atoms with E-state index in [9.17, 15) is 10.2 Å². The van der Waals surface area contributed by atoms with Crippen LogP contribution in [0.3, 0.4) is 0 Å². The van der Waals surface area contributed by atoms with E-state index in [2.05, 4.69) is 58.0 Å². The highest BCUT2D eigenvalue weighted by molar-refractivity contribution is 7.10. The number of aliphatic hydroxyl groups excluding tert-OH is 2. The van der Waals surface area contributed by atoms with Crippen molar-refractivity contribution >= 4 is 18.9 Å². The molecule has 0 amide bonds. The van der Waals surface area contributed by atoms with Crippen LogP contribution in [0.25, 0.3) is 0 Å². The summed E-state index contributed by atoms with van der Waals surface area (Å²) in [5.74, 6) is 4.10. The monoisotopic (exact) mass is 639 g/mol. The molecule has 8 nitrogen and oxygen atoms in total. The standard InChI is InChI=1S/C33H55NO7P2/c1-17-7-12-33(34-15-17)18(2)26-24(40-33)14-23-21-6-5-19-13-20(8-10-31(19,3)22(21)9-11-32(23,26)4)38-30-28(36)29(41-43)27(35)25(39-30)16-37-42/h5,17-18,20-30,34-36H,6-16,42-43H2,1-4H3/t17?,18?,20-,21?,22?,23?,24?,25?,26?,27+,28?,29-,30+,31-,32-,33?/m0/s1. The highest BCUT2D eigenvalue weighted by Crippen LogP contribution is 2.70. The number of fused-ring (bicyclic) bond motifs is 7. The van der Waals surface area contributed by atoms with E-state index in [1.165, 1.54) is 31.3 Å². The first-order valence-electron chi connectivity index (χ1n) is 17.0. The van der Waals surface area contributed by atoms with Gasteiger partial charge in [-0.2, -0.15) is 0 Å². The van der Waals surface area contributed by atoms with E-state index in [1.54, 1.807) is 0 Å². The third-order valence-electron chi connectivity index (χ3n) is 13.9. The molecular weight excluding hydrogens is 584 g/mol. The fraction of sp³-hybridized carbons (Fsp3) is 0.939. The molecule has 3 N–H and O–H groups in total. The Kier molecular flexibility index (Phi) is 8.71. The molecule has 7 aliphatic rings. The molecule has 3 aliphatic heterocycles. The van der Waals surface area contributed by atoms with Crippen molar-refractivity contribution in [2.45, 2.75) is 134 Å². The molecule has 3 heterocycles. The maximum Gasteiger partial charge on any atom is 0.186 e. The summed E-state index contributed by atoms with van der Waals surface area (Å²) in [5, 5.41) is 25.4. The highest BCUT2D eigenvalue weighted by atomic mass is 31.0. The molecule has 1 spiro atoms. The summed E-state index contributed by atoms with van der Waals surface area (Å²) in [7, 11) is 4.34. The van der Waals surface area contributed by atoms with Gasteiger partial charge in [0, 0.05) is 31.4 Å². The molecule has 10 heteroatoms. The minimum Gasteiger partial charge on any atom is -0.387 e. The summed E-state index contributed by atoms with van der Waals surface area (Å²) < 4.78 is 30.0. The minimum absolute atomic E-state index is 0.0376. The van der Waals surface area contributed by atoms with Crippen LogP contribution in [-0.2, 0) is 23.3 Å². The third-order valence-corrected chi connectivity index (χ3v) is 14.4. The minimum atomic E-state index is -1.08. The summed E-state index contributed by atoms with van der Waals surface area (Å²) in [6, 6.07) is 0. The lowest BCUT2D eigenvalue weighted by Gasteiger charge is -2.59. The van der Waals surface area contributed by atoms with Crippen molar-refractivity contribution in [2.24, 2.45) is 46.3 Å². The summed E-state index contributed by atoms with van der Waals surface area (Å²) in [5.41, 5.74) is 1.98.